The van der Waals surface area contributed by atoms with E-state index in [9.17, 15) is 14.4 Å². The molecule has 1 saturated carbocycles. The van der Waals surface area contributed by atoms with Gasteiger partial charge in [0.05, 0.1) is 6.04 Å². The number of nitrogens with zero attached hydrogens (tertiary/aromatic N) is 1. The third-order valence-electron chi connectivity index (χ3n) is 6.05. The number of benzene rings is 1. The molecule has 4 amide bonds. The summed E-state index contributed by atoms with van der Waals surface area (Å²) >= 11 is 0. The maximum atomic E-state index is 13.0. The minimum Gasteiger partial charge on any atom is -0.459 e. The number of rotatable bonds is 4. The van der Waals surface area contributed by atoms with Crippen LogP contribution in [0.4, 0.5) is 4.79 Å². The van der Waals surface area contributed by atoms with Gasteiger partial charge in [-0.1, -0.05) is 38.0 Å². The van der Waals surface area contributed by atoms with Crippen molar-refractivity contribution >= 4 is 28.8 Å². The van der Waals surface area contributed by atoms with E-state index in [1.807, 2.05) is 44.2 Å². The van der Waals surface area contributed by atoms with Crippen molar-refractivity contribution in [1.29, 1.82) is 0 Å². The molecule has 4 rings (SSSR count). The number of amides is 4. The lowest BCUT2D eigenvalue weighted by atomic mass is 9.73. The van der Waals surface area contributed by atoms with E-state index >= 15 is 0 Å². The molecule has 2 aliphatic rings. The van der Waals surface area contributed by atoms with E-state index in [1.165, 1.54) is 0 Å². The largest absolute Gasteiger partial charge is 0.459 e. The third-order valence-corrected chi connectivity index (χ3v) is 6.05. The smallest absolute Gasteiger partial charge is 0.325 e. The molecule has 0 bridgehead atoms. The number of nitrogens with one attached hydrogen (secondary N) is 2. The van der Waals surface area contributed by atoms with Crippen molar-refractivity contribution in [3.05, 3.63) is 36.1 Å². The van der Waals surface area contributed by atoms with Gasteiger partial charge in [0.25, 0.3) is 5.91 Å². The Morgan fingerprint density at radius 2 is 2.14 bits per heavy atom. The summed E-state index contributed by atoms with van der Waals surface area (Å²) in [5.41, 5.74) is -0.0964. The molecule has 2 fully saturated rings. The number of urea groups is 1. The average Bonchev–Trinajstić information content (AvgIpc) is 3.20. The first-order valence-corrected chi connectivity index (χ1v) is 9.82. The molecule has 148 valence electrons. The fraction of sp³-hybridized carbons (Fsp3) is 0.476. The van der Waals surface area contributed by atoms with Gasteiger partial charge in [0.1, 0.15) is 23.4 Å². The maximum Gasteiger partial charge on any atom is 0.325 e. The van der Waals surface area contributed by atoms with Gasteiger partial charge in [-0.15, -0.1) is 0 Å². The van der Waals surface area contributed by atoms with Gasteiger partial charge in [0.15, 0.2) is 0 Å². The number of hydrogen-bond donors (Lipinski definition) is 2. The Balaban J connectivity index is 1.43. The molecule has 7 heteroatoms. The first kappa shape index (κ1) is 18.5. The minimum absolute atomic E-state index is 0.0697. The second kappa shape index (κ2) is 6.96. The highest BCUT2D eigenvalue weighted by molar-refractivity contribution is 6.09. The molecule has 28 heavy (non-hydrogen) atoms. The summed E-state index contributed by atoms with van der Waals surface area (Å²) in [4.78, 5) is 38.9. The van der Waals surface area contributed by atoms with Crippen LogP contribution in [-0.4, -0.2) is 34.8 Å². The highest BCUT2D eigenvalue weighted by Gasteiger charge is 2.55. The summed E-state index contributed by atoms with van der Waals surface area (Å²) in [6.45, 7) is 3.51. The van der Waals surface area contributed by atoms with Crippen molar-refractivity contribution < 1.29 is 18.8 Å². The number of carbonyl (C=O) groups is 3. The van der Waals surface area contributed by atoms with Crippen LogP contribution in [0, 0.1) is 5.92 Å². The van der Waals surface area contributed by atoms with E-state index in [1.54, 1.807) is 0 Å². The van der Waals surface area contributed by atoms with E-state index in [4.69, 9.17) is 4.42 Å². The molecule has 1 spiro atoms. The van der Waals surface area contributed by atoms with Crippen molar-refractivity contribution in [2.75, 3.05) is 6.54 Å². The highest BCUT2D eigenvalue weighted by Crippen LogP contribution is 2.38. The van der Waals surface area contributed by atoms with Crippen molar-refractivity contribution in [2.24, 2.45) is 5.92 Å². The zero-order chi connectivity index (χ0) is 19.9. The predicted octanol–water partition coefficient (Wildman–Crippen LogP) is 3.11. The van der Waals surface area contributed by atoms with Crippen LogP contribution in [0.3, 0.4) is 0 Å². The normalized spacial score (nSPS) is 25.9. The Hall–Kier alpha value is -2.83. The number of furan rings is 1. The second-order valence-electron chi connectivity index (χ2n) is 7.92. The molecule has 2 aromatic rings. The standard InChI is InChI=1S/C21H25N3O4/c1-13-7-5-6-10-21(13)19(26)24(20(27)23-21)12-18(25)22-14(2)17-11-15-8-3-4-9-16(15)28-17/h3-4,8-9,11,13-14H,5-7,10,12H2,1-2H3,(H,22,25)(H,23,27)/t13-,14+,21+/m1/s1. The second-order valence-corrected chi connectivity index (χ2v) is 7.92. The van der Waals surface area contributed by atoms with Gasteiger partial charge in [-0.25, -0.2) is 4.79 Å². The number of imide groups is 1. The van der Waals surface area contributed by atoms with Gasteiger partial charge in [0.2, 0.25) is 5.91 Å². The fourth-order valence-corrected chi connectivity index (χ4v) is 4.36. The molecule has 1 aromatic carbocycles. The molecule has 1 aromatic heterocycles. The average molecular weight is 383 g/mol. The third kappa shape index (κ3) is 3.04. The number of para-hydroxylation sites is 1. The number of fused-ring (bicyclic) bond motifs is 1. The zero-order valence-electron chi connectivity index (χ0n) is 16.2. The molecule has 0 radical (unpaired) electrons. The lowest BCUT2D eigenvalue weighted by Gasteiger charge is -2.36. The summed E-state index contributed by atoms with van der Waals surface area (Å²) in [7, 11) is 0. The fourth-order valence-electron chi connectivity index (χ4n) is 4.36. The number of carbonyl (C=O) groups excluding carboxylic acids is 3. The van der Waals surface area contributed by atoms with Gasteiger partial charge in [-0.3, -0.25) is 14.5 Å². The van der Waals surface area contributed by atoms with E-state index in [2.05, 4.69) is 10.6 Å². The van der Waals surface area contributed by atoms with Crippen LogP contribution < -0.4 is 10.6 Å². The van der Waals surface area contributed by atoms with Crippen LogP contribution in [0.5, 0.6) is 0 Å². The summed E-state index contributed by atoms with van der Waals surface area (Å²) in [5, 5.41) is 6.65. The van der Waals surface area contributed by atoms with E-state index in [0.717, 1.165) is 35.1 Å². The van der Waals surface area contributed by atoms with Gasteiger partial charge >= 0.3 is 6.03 Å². The molecular weight excluding hydrogens is 358 g/mol. The van der Waals surface area contributed by atoms with Gasteiger partial charge < -0.3 is 15.1 Å². The molecule has 3 atom stereocenters. The van der Waals surface area contributed by atoms with Crippen LogP contribution in [0.1, 0.15) is 51.3 Å². The highest BCUT2D eigenvalue weighted by atomic mass is 16.3. The molecule has 0 unspecified atom stereocenters. The van der Waals surface area contributed by atoms with E-state index in [-0.39, 0.29) is 24.4 Å². The summed E-state index contributed by atoms with van der Waals surface area (Å²) < 4.78 is 5.77. The molecule has 7 nitrogen and oxygen atoms in total. The van der Waals surface area contributed by atoms with Crippen molar-refractivity contribution in [3.63, 3.8) is 0 Å². The van der Waals surface area contributed by atoms with Crippen molar-refractivity contribution in [1.82, 2.24) is 15.5 Å². The molecule has 1 saturated heterocycles. The monoisotopic (exact) mass is 383 g/mol. The van der Waals surface area contributed by atoms with E-state index < -0.39 is 17.5 Å². The van der Waals surface area contributed by atoms with Crippen LogP contribution in [0.2, 0.25) is 0 Å². The van der Waals surface area contributed by atoms with Crippen LogP contribution in [0.15, 0.2) is 34.7 Å². The lowest BCUT2D eigenvalue weighted by Crippen LogP contribution is -2.54. The zero-order valence-corrected chi connectivity index (χ0v) is 16.2. The molecule has 2 heterocycles. The van der Waals surface area contributed by atoms with Crippen LogP contribution in [-0.2, 0) is 9.59 Å². The van der Waals surface area contributed by atoms with Gasteiger partial charge in [0, 0.05) is 5.39 Å². The predicted molar refractivity (Wildman–Crippen MR) is 103 cm³/mol. The summed E-state index contributed by atoms with van der Waals surface area (Å²) in [5.74, 6) is 0.0255. The van der Waals surface area contributed by atoms with Gasteiger partial charge in [-0.05, 0) is 37.8 Å². The van der Waals surface area contributed by atoms with Crippen LogP contribution in [0.25, 0.3) is 11.0 Å². The van der Waals surface area contributed by atoms with Crippen molar-refractivity contribution in [3.8, 4) is 0 Å². The topological polar surface area (TPSA) is 91.7 Å². The van der Waals surface area contributed by atoms with Gasteiger partial charge in [-0.2, -0.15) is 0 Å². The Morgan fingerprint density at radius 3 is 2.89 bits per heavy atom. The Labute approximate surface area is 163 Å². The lowest BCUT2D eigenvalue weighted by molar-refractivity contribution is -0.137. The first-order chi connectivity index (χ1) is 13.4. The SMILES string of the molecule is C[C@H](NC(=O)CN1C(=O)N[C@]2(CCCC[C@H]2C)C1=O)c1cc2ccccc2o1. The maximum absolute atomic E-state index is 13.0. The van der Waals surface area contributed by atoms with E-state index in [0.29, 0.717) is 12.2 Å². The molecule has 1 aliphatic carbocycles. The number of hydrogen-bond acceptors (Lipinski definition) is 4. The minimum atomic E-state index is -0.847. The van der Waals surface area contributed by atoms with Crippen LogP contribution >= 0.6 is 0 Å². The summed E-state index contributed by atoms with van der Waals surface area (Å²) in [6, 6.07) is 8.64. The molecule has 1 aliphatic heterocycles. The summed E-state index contributed by atoms with van der Waals surface area (Å²) in [6.07, 6.45) is 3.49. The Bertz CT molecular complexity index is 904. The molecule has 2 N–H and O–H groups in total. The Kier molecular flexibility index (Phi) is 4.61. The Morgan fingerprint density at radius 1 is 1.36 bits per heavy atom. The molecular formula is C21H25N3O4. The quantitative estimate of drug-likeness (QED) is 0.794. The first-order valence-electron chi connectivity index (χ1n) is 9.82. The van der Waals surface area contributed by atoms with Crippen molar-refractivity contribution in [2.45, 2.75) is 51.1 Å².